The maximum Gasteiger partial charge on any atom is 0.334 e. The Morgan fingerprint density at radius 2 is 1.74 bits per heavy atom. The van der Waals surface area contributed by atoms with Gasteiger partial charge in [-0.25, -0.2) is 4.79 Å². The Bertz CT molecular complexity index is 765. The van der Waals surface area contributed by atoms with E-state index in [1.54, 1.807) is 0 Å². The predicted octanol–water partition coefficient (Wildman–Crippen LogP) is 2.07. The summed E-state index contributed by atoms with van der Waals surface area (Å²) in [5, 5.41) is 12.9. The van der Waals surface area contributed by atoms with Gasteiger partial charge in [0.25, 0.3) is 0 Å². The van der Waals surface area contributed by atoms with Crippen molar-refractivity contribution in [1.29, 1.82) is 0 Å². The number of hydrogen-bond donors (Lipinski definition) is 2. The van der Waals surface area contributed by atoms with Gasteiger partial charge in [0.1, 0.15) is 0 Å². The van der Waals surface area contributed by atoms with E-state index in [0.717, 1.165) is 31.2 Å². The summed E-state index contributed by atoms with van der Waals surface area (Å²) >= 11 is 0. The number of piperidine rings is 1. The van der Waals surface area contributed by atoms with E-state index in [1.165, 1.54) is 0 Å². The zero-order valence-electron chi connectivity index (χ0n) is 15.4. The molecule has 0 unspecified atom stereocenters. The van der Waals surface area contributed by atoms with Crippen LogP contribution in [0.25, 0.3) is 0 Å². The van der Waals surface area contributed by atoms with Crippen LogP contribution in [0.4, 0.5) is 0 Å². The second-order valence-electron chi connectivity index (χ2n) is 8.08. The number of carboxylic acid groups (broad SMARTS) is 1. The highest BCUT2D eigenvalue weighted by Gasteiger charge is 2.46. The number of likely N-dealkylation sites (tertiary alicyclic amines) is 1. The minimum atomic E-state index is -1.34. The van der Waals surface area contributed by atoms with E-state index in [1.807, 2.05) is 29.2 Å². The monoisotopic (exact) mass is 370 g/mol. The average Bonchev–Trinajstić information content (AvgIpc) is 3.53. The molecule has 1 aliphatic heterocycles. The number of nitrogens with zero attached hydrogens (tertiary/aromatic N) is 1. The molecule has 0 bridgehead atoms. The number of aryl methyl sites for hydroxylation is 1. The molecular formula is C21H26N2O4. The van der Waals surface area contributed by atoms with E-state index in [-0.39, 0.29) is 23.7 Å². The lowest BCUT2D eigenvalue weighted by Gasteiger charge is -2.38. The van der Waals surface area contributed by atoms with Gasteiger partial charge in [0.05, 0.1) is 0 Å². The molecule has 27 heavy (non-hydrogen) atoms. The Balaban J connectivity index is 1.47. The molecule has 144 valence electrons. The van der Waals surface area contributed by atoms with Gasteiger partial charge in [-0.05, 0) is 56.1 Å². The van der Waals surface area contributed by atoms with Crippen LogP contribution in [-0.4, -0.2) is 40.9 Å². The molecule has 1 heterocycles. The second kappa shape index (κ2) is 6.98. The third-order valence-electron chi connectivity index (χ3n) is 6.28. The first kappa shape index (κ1) is 18.0. The number of benzene rings is 1. The highest BCUT2D eigenvalue weighted by Crippen LogP contribution is 2.37. The molecule has 2 N–H and O–H groups in total. The Labute approximate surface area is 158 Å². The Morgan fingerprint density at radius 3 is 2.41 bits per heavy atom. The van der Waals surface area contributed by atoms with Crippen LogP contribution in [-0.2, 0) is 26.3 Å². The predicted molar refractivity (Wildman–Crippen MR) is 98.9 cm³/mol. The van der Waals surface area contributed by atoms with Crippen molar-refractivity contribution in [3.8, 4) is 0 Å². The number of amides is 2. The third kappa shape index (κ3) is 3.33. The summed E-state index contributed by atoms with van der Waals surface area (Å²) in [5.41, 5.74) is 0.363. The molecule has 2 aliphatic carbocycles. The Hall–Kier alpha value is -2.37. The van der Waals surface area contributed by atoms with Gasteiger partial charge in [-0.1, -0.05) is 24.3 Å². The van der Waals surface area contributed by atoms with Crippen LogP contribution in [0.2, 0.25) is 0 Å². The molecule has 0 radical (unpaired) electrons. The summed E-state index contributed by atoms with van der Waals surface area (Å²) in [6.07, 6.45) is 5.15. The Kier molecular flexibility index (Phi) is 4.66. The van der Waals surface area contributed by atoms with Crippen LogP contribution >= 0.6 is 0 Å². The minimum Gasteiger partial charge on any atom is -0.479 e. The molecule has 1 aromatic carbocycles. The zero-order chi connectivity index (χ0) is 19.0. The summed E-state index contributed by atoms with van der Waals surface area (Å²) in [7, 11) is 0. The van der Waals surface area contributed by atoms with Crippen molar-refractivity contribution in [1.82, 2.24) is 10.2 Å². The van der Waals surface area contributed by atoms with E-state index in [9.17, 15) is 19.5 Å². The van der Waals surface area contributed by atoms with E-state index in [0.29, 0.717) is 37.9 Å². The summed E-state index contributed by atoms with van der Waals surface area (Å²) in [6, 6.07) is 7.50. The first-order chi connectivity index (χ1) is 13.0. The van der Waals surface area contributed by atoms with Gasteiger partial charge in [0.15, 0.2) is 5.54 Å². The molecule has 6 heteroatoms. The van der Waals surface area contributed by atoms with Crippen molar-refractivity contribution >= 4 is 17.8 Å². The summed E-state index contributed by atoms with van der Waals surface area (Å²) in [6.45, 7) is 1.17. The molecule has 1 saturated heterocycles. The fourth-order valence-corrected chi connectivity index (χ4v) is 4.50. The molecule has 0 spiro atoms. The van der Waals surface area contributed by atoms with E-state index >= 15 is 0 Å². The van der Waals surface area contributed by atoms with Gasteiger partial charge >= 0.3 is 5.97 Å². The number of hydrogen-bond acceptors (Lipinski definition) is 3. The van der Waals surface area contributed by atoms with Crippen LogP contribution in [0, 0.1) is 11.8 Å². The van der Waals surface area contributed by atoms with Crippen molar-refractivity contribution in [3.63, 3.8) is 0 Å². The molecule has 1 aromatic rings. The van der Waals surface area contributed by atoms with Crippen LogP contribution < -0.4 is 5.32 Å². The fourth-order valence-electron chi connectivity index (χ4n) is 4.50. The quantitative estimate of drug-likeness (QED) is 0.849. The lowest BCUT2D eigenvalue weighted by atomic mass is 9.76. The number of carbonyl (C=O) groups excluding carboxylic acids is 2. The highest BCUT2D eigenvalue weighted by molar-refractivity contribution is 5.90. The first-order valence-corrected chi connectivity index (χ1v) is 9.94. The smallest absolute Gasteiger partial charge is 0.334 e. The summed E-state index contributed by atoms with van der Waals surface area (Å²) in [4.78, 5) is 39.2. The van der Waals surface area contributed by atoms with E-state index < -0.39 is 11.5 Å². The zero-order valence-corrected chi connectivity index (χ0v) is 15.4. The molecule has 0 aromatic heterocycles. The van der Waals surface area contributed by atoms with Crippen molar-refractivity contribution < 1.29 is 19.5 Å². The SMILES string of the molecule is O=C(N[C@]1(C(=O)O)CCCc2ccccc21)C1CCN(C(=O)C2CC2)CC1. The largest absolute Gasteiger partial charge is 0.479 e. The third-order valence-corrected chi connectivity index (χ3v) is 6.28. The minimum absolute atomic E-state index is 0.199. The average molecular weight is 370 g/mol. The van der Waals surface area contributed by atoms with Crippen molar-refractivity contribution in [3.05, 3.63) is 35.4 Å². The number of fused-ring (bicyclic) bond motifs is 1. The topological polar surface area (TPSA) is 86.7 Å². The molecule has 1 atom stereocenters. The molecule has 3 aliphatic rings. The van der Waals surface area contributed by atoms with Gasteiger partial charge in [-0.2, -0.15) is 0 Å². The van der Waals surface area contributed by atoms with Crippen LogP contribution in [0.3, 0.4) is 0 Å². The standard InChI is InChI=1S/C21H26N2O4/c24-18(15-9-12-23(13-10-15)19(25)16-7-8-16)22-21(20(26)27)11-3-5-14-4-1-2-6-17(14)21/h1-2,4,6,15-16H,3,5,7-13H2,(H,22,24)(H,26,27)/t21-/m1/s1. The fraction of sp³-hybridized carbons (Fsp3) is 0.571. The normalized spacial score (nSPS) is 25.6. The molecular weight excluding hydrogens is 344 g/mol. The maximum absolute atomic E-state index is 12.9. The number of carboxylic acids is 1. The Morgan fingerprint density at radius 1 is 1.04 bits per heavy atom. The molecule has 4 rings (SSSR count). The lowest BCUT2D eigenvalue weighted by Crippen LogP contribution is -2.56. The van der Waals surface area contributed by atoms with E-state index in [2.05, 4.69) is 5.32 Å². The van der Waals surface area contributed by atoms with Crippen molar-refractivity contribution in [2.45, 2.75) is 50.5 Å². The molecule has 2 amide bonds. The van der Waals surface area contributed by atoms with Crippen LogP contribution in [0.5, 0.6) is 0 Å². The maximum atomic E-state index is 12.9. The van der Waals surface area contributed by atoms with Crippen molar-refractivity contribution in [2.75, 3.05) is 13.1 Å². The molecule has 1 saturated carbocycles. The second-order valence-corrected chi connectivity index (χ2v) is 8.08. The number of aliphatic carboxylic acids is 1. The number of carbonyl (C=O) groups is 3. The van der Waals surface area contributed by atoms with Gasteiger partial charge < -0.3 is 15.3 Å². The van der Waals surface area contributed by atoms with Crippen molar-refractivity contribution in [2.24, 2.45) is 11.8 Å². The van der Waals surface area contributed by atoms with Gasteiger partial charge in [-0.15, -0.1) is 0 Å². The van der Waals surface area contributed by atoms with Gasteiger partial charge in [-0.3, -0.25) is 9.59 Å². The first-order valence-electron chi connectivity index (χ1n) is 9.94. The van der Waals surface area contributed by atoms with Crippen LogP contribution in [0.15, 0.2) is 24.3 Å². The number of nitrogens with one attached hydrogen (secondary N) is 1. The lowest BCUT2D eigenvalue weighted by molar-refractivity contribution is -0.150. The van der Waals surface area contributed by atoms with Gasteiger partial charge in [0, 0.05) is 24.9 Å². The molecule has 6 nitrogen and oxygen atoms in total. The van der Waals surface area contributed by atoms with Gasteiger partial charge in [0.2, 0.25) is 11.8 Å². The van der Waals surface area contributed by atoms with E-state index in [4.69, 9.17) is 0 Å². The highest BCUT2D eigenvalue weighted by atomic mass is 16.4. The summed E-state index contributed by atoms with van der Waals surface area (Å²) in [5.74, 6) is -1.02. The number of rotatable bonds is 4. The van der Waals surface area contributed by atoms with Crippen LogP contribution in [0.1, 0.15) is 49.7 Å². The molecule has 2 fully saturated rings. The summed E-state index contributed by atoms with van der Waals surface area (Å²) < 4.78 is 0.